The molecule has 0 fully saturated rings. The molecule has 0 aliphatic rings. The van der Waals surface area contributed by atoms with Crippen molar-refractivity contribution < 1.29 is 14.3 Å². The summed E-state index contributed by atoms with van der Waals surface area (Å²) in [6, 6.07) is 40.4. The zero-order valence-electron chi connectivity index (χ0n) is 24.9. The van der Waals surface area contributed by atoms with Gasteiger partial charge in [0.05, 0.1) is 22.4 Å². The Morgan fingerprint density at radius 2 is 1.09 bits per heavy atom. The Bertz CT molecular complexity index is 1760. The van der Waals surface area contributed by atoms with Crippen molar-refractivity contribution in [2.45, 2.75) is 38.9 Å². The molecule has 0 bridgehead atoms. The zero-order valence-corrected chi connectivity index (χ0v) is 25.7. The molecule has 2 heterocycles. The van der Waals surface area contributed by atoms with Gasteiger partial charge in [0.25, 0.3) is 0 Å². The second-order valence-electron chi connectivity index (χ2n) is 10.9. The summed E-state index contributed by atoms with van der Waals surface area (Å²) in [5, 5.41) is 2.38. The summed E-state index contributed by atoms with van der Waals surface area (Å²) in [6.45, 7) is 4.89. The minimum absolute atomic E-state index is 0.167. The zero-order chi connectivity index (χ0) is 30.4. The molecule has 4 aromatic carbocycles. The van der Waals surface area contributed by atoms with E-state index < -0.39 is 5.41 Å². The van der Waals surface area contributed by atoms with Crippen LogP contribution in [0.1, 0.15) is 42.8 Å². The number of nitrogens with zero attached hydrogens (tertiary/aromatic N) is 2. The fraction of sp³-hybridized carbons (Fsp3) is 0.184. The van der Waals surface area contributed by atoms with Crippen molar-refractivity contribution in [2.24, 2.45) is 0 Å². The van der Waals surface area contributed by atoms with Crippen LogP contribution in [0, 0.1) is 0 Å². The van der Waals surface area contributed by atoms with E-state index in [4.69, 9.17) is 19.4 Å². The molecule has 0 aliphatic carbocycles. The number of carbonyl (C=O) groups excluding carboxylic acids is 1. The van der Waals surface area contributed by atoms with Crippen LogP contribution in [0.2, 0.25) is 0 Å². The molecule has 0 saturated carbocycles. The van der Waals surface area contributed by atoms with E-state index in [2.05, 4.69) is 55.5 Å². The van der Waals surface area contributed by atoms with Gasteiger partial charge in [-0.3, -0.25) is 4.79 Å². The van der Waals surface area contributed by atoms with Gasteiger partial charge >= 0.3 is 0 Å². The van der Waals surface area contributed by atoms with Crippen LogP contribution in [-0.4, -0.2) is 20.8 Å². The lowest BCUT2D eigenvalue weighted by Crippen LogP contribution is -2.26. The Morgan fingerprint density at radius 1 is 0.636 bits per heavy atom. The maximum atomic E-state index is 12.9. The molecule has 0 radical (unpaired) electrons. The highest BCUT2D eigenvalue weighted by Gasteiger charge is 2.32. The SMILES string of the molecule is CCSC(=O)CC(C)(c1ccc(OCc2ccc3ccccc3n2)cc1)c1ccc(OCc2ccc3ccccc3n2)cc1. The maximum Gasteiger partial charge on any atom is 0.190 e. The highest BCUT2D eigenvalue weighted by Crippen LogP contribution is 2.38. The van der Waals surface area contributed by atoms with Gasteiger partial charge in [-0.05, 0) is 65.4 Å². The molecule has 0 saturated heterocycles. The Hall–Kier alpha value is -4.68. The van der Waals surface area contributed by atoms with Gasteiger partial charge in [-0.25, -0.2) is 9.97 Å². The predicted octanol–water partition coefficient (Wildman–Crippen LogP) is 8.92. The first kappa shape index (κ1) is 29.4. The van der Waals surface area contributed by atoms with E-state index in [9.17, 15) is 4.79 Å². The topological polar surface area (TPSA) is 61.3 Å². The van der Waals surface area contributed by atoms with Crippen molar-refractivity contribution in [1.29, 1.82) is 0 Å². The van der Waals surface area contributed by atoms with Crippen molar-refractivity contribution in [3.8, 4) is 11.5 Å². The van der Waals surface area contributed by atoms with E-state index in [1.54, 1.807) is 0 Å². The van der Waals surface area contributed by atoms with E-state index in [1.807, 2.05) is 79.7 Å². The molecule has 220 valence electrons. The standard InChI is InChI=1S/C38H34N2O3S/c1-3-44-37(41)24-38(2,29-14-20-33(21-15-29)42-25-31-18-12-27-8-4-6-10-35(27)39-31)30-16-22-34(23-17-30)43-26-32-19-13-28-9-5-7-11-36(28)40-32/h4-23H,3,24-26H2,1-2H3. The minimum atomic E-state index is -0.518. The number of para-hydroxylation sites is 2. The molecule has 0 unspecified atom stereocenters. The minimum Gasteiger partial charge on any atom is -0.487 e. The van der Waals surface area contributed by atoms with Crippen LogP contribution in [0.25, 0.3) is 21.8 Å². The number of ether oxygens (including phenoxy) is 2. The first-order chi connectivity index (χ1) is 21.5. The number of pyridine rings is 2. The van der Waals surface area contributed by atoms with Gasteiger partial charge in [0.2, 0.25) is 0 Å². The van der Waals surface area contributed by atoms with E-state index in [-0.39, 0.29) is 5.12 Å². The number of benzene rings is 4. The quantitative estimate of drug-likeness (QED) is 0.148. The Kier molecular flexibility index (Phi) is 8.89. The molecule has 0 aliphatic heterocycles. The Balaban J connectivity index is 1.16. The molecule has 0 atom stereocenters. The third-order valence-electron chi connectivity index (χ3n) is 7.87. The number of rotatable bonds is 11. The normalized spacial score (nSPS) is 11.5. The van der Waals surface area contributed by atoms with Gasteiger partial charge in [0.15, 0.2) is 5.12 Å². The maximum absolute atomic E-state index is 12.9. The largest absolute Gasteiger partial charge is 0.487 e. The molecule has 0 amide bonds. The Labute approximate surface area is 262 Å². The van der Waals surface area contributed by atoms with E-state index >= 15 is 0 Å². The molecule has 6 rings (SSSR count). The predicted molar refractivity (Wildman–Crippen MR) is 179 cm³/mol. The highest BCUT2D eigenvalue weighted by molar-refractivity contribution is 8.13. The van der Waals surface area contributed by atoms with Crippen molar-refractivity contribution in [3.05, 3.63) is 144 Å². The van der Waals surface area contributed by atoms with Crippen molar-refractivity contribution in [3.63, 3.8) is 0 Å². The second-order valence-corrected chi connectivity index (χ2v) is 12.3. The summed E-state index contributed by atoms with van der Waals surface area (Å²) in [4.78, 5) is 22.4. The van der Waals surface area contributed by atoms with Gasteiger partial charge < -0.3 is 9.47 Å². The fourth-order valence-electron chi connectivity index (χ4n) is 5.40. The van der Waals surface area contributed by atoms with Gasteiger partial charge in [-0.1, -0.05) is 98.4 Å². The van der Waals surface area contributed by atoms with Crippen LogP contribution in [0.15, 0.2) is 121 Å². The number of hydrogen-bond donors (Lipinski definition) is 0. The fourth-order valence-corrected chi connectivity index (χ4v) is 6.11. The monoisotopic (exact) mass is 598 g/mol. The summed E-state index contributed by atoms with van der Waals surface area (Å²) in [5.41, 5.74) is 5.24. The van der Waals surface area contributed by atoms with E-state index in [0.717, 1.165) is 61.6 Å². The lowest BCUT2D eigenvalue weighted by molar-refractivity contribution is -0.111. The third kappa shape index (κ3) is 6.76. The van der Waals surface area contributed by atoms with Crippen LogP contribution in [0.5, 0.6) is 11.5 Å². The number of aromatic nitrogens is 2. The molecular formula is C38H34N2O3S. The van der Waals surface area contributed by atoms with Crippen LogP contribution in [-0.2, 0) is 23.4 Å². The van der Waals surface area contributed by atoms with Crippen LogP contribution in [0.4, 0.5) is 0 Å². The molecule has 6 aromatic rings. The molecule has 2 aromatic heterocycles. The molecular weight excluding hydrogens is 564 g/mol. The van der Waals surface area contributed by atoms with Crippen LogP contribution >= 0.6 is 11.8 Å². The van der Waals surface area contributed by atoms with Crippen LogP contribution < -0.4 is 9.47 Å². The van der Waals surface area contributed by atoms with Crippen molar-refractivity contribution in [1.82, 2.24) is 9.97 Å². The Morgan fingerprint density at radius 3 is 1.55 bits per heavy atom. The highest BCUT2D eigenvalue weighted by atomic mass is 32.2. The van der Waals surface area contributed by atoms with Gasteiger partial charge in [0.1, 0.15) is 24.7 Å². The second kappa shape index (κ2) is 13.3. The molecule has 0 N–H and O–H groups in total. The smallest absolute Gasteiger partial charge is 0.190 e. The molecule has 5 nitrogen and oxygen atoms in total. The summed E-state index contributed by atoms with van der Waals surface area (Å²) in [5.74, 6) is 2.26. The van der Waals surface area contributed by atoms with Gasteiger partial charge in [0, 0.05) is 22.6 Å². The number of thioether (sulfide) groups is 1. The number of carbonyl (C=O) groups is 1. The third-order valence-corrected chi connectivity index (χ3v) is 8.63. The van der Waals surface area contributed by atoms with Gasteiger partial charge in [-0.15, -0.1) is 0 Å². The first-order valence-electron chi connectivity index (χ1n) is 14.8. The van der Waals surface area contributed by atoms with E-state index in [0.29, 0.717) is 19.6 Å². The summed E-state index contributed by atoms with van der Waals surface area (Å²) >= 11 is 1.36. The van der Waals surface area contributed by atoms with E-state index in [1.165, 1.54) is 11.8 Å². The molecule has 0 spiro atoms. The lowest BCUT2D eigenvalue weighted by atomic mass is 9.74. The summed E-state index contributed by atoms with van der Waals surface area (Å²) in [7, 11) is 0. The average molecular weight is 599 g/mol. The van der Waals surface area contributed by atoms with Crippen LogP contribution in [0.3, 0.4) is 0 Å². The van der Waals surface area contributed by atoms with Gasteiger partial charge in [-0.2, -0.15) is 0 Å². The van der Waals surface area contributed by atoms with Crippen molar-refractivity contribution in [2.75, 3.05) is 5.75 Å². The molecule has 44 heavy (non-hydrogen) atoms. The van der Waals surface area contributed by atoms with Crippen molar-refractivity contribution >= 4 is 38.7 Å². The number of hydrogen-bond acceptors (Lipinski definition) is 6. The lowest BCUT2D eigenvalue weighted by Gasteiger charge is -2.30. The number of fused-ring (bicyclic) bond motifs is 2. The summed E-state index contributed by atoms with van der Waals surface area (Å²) in [6.07, 6.45) is 0.383. The molecule has 6 heteroatoms. The average Bonchev–Trinajstić information content (AvgIpc) is 3.06. The summed E-state index contributed by atoms with van der Waals surface area (Å²) < 4.78 is 12.2. The first-order valence-corrected chi connectivity index (χ1v) is 15.8.